The highest BCUT2D eigenvalue weighted by Gasteiger charge is 2.10. The van der Waals surface area contributed by atoms with Crippen LogP contribution in [0.5, 0.6) is 0 Å². The lowest BCUT2D eigenvalue weighted by atomic mass is 10.2. The highest BCUT2D eigenvalue weighted by molar-refractivity contribution is 7.90. The molecule has 1 aromatic rings. The molecule has 0 aliphatic rings. The van der Waals surface area contributed by atoms with Crippen molar-refractivity contribution in [3.8, 4) is 0 Å². The Hall–Kier alpha value is -0.940. The van der Waals surface area contributed by atoms with Crippen molar-refractivity contribution < 1.29 is 17.9 Å². The molecule has 0 saturated heterocycles. The third-order valence-corrected chi connectivity index (χ3v) is 3.28. The van der Waals surface area contributed by atoms with E-state index < -0.39 is 15.7 Å². The van der Waals surface area contributed by atoms with Gasteiger partial charge in [-0.3, -0.25) is 0 Å². The highest BCUT2D eigenvalue weighted by atomic mass is 32.2. The van der Waals surface area contributed by atoms with Crippen molar-refractivity contribution in [2.75, 3.05) is 12.4 Å². The van der Waals surface area contributed by atoms with Crippen LogP contribution in [0.1, 0.15) is 5.56 Å². The van der Waals surface area contributed by atoms with Crippen LogP contribution in [0, 0.1) is 5.82 Å². The average molecular weight is 218 g/mol. The predicted octanol–water partition coefficient (Wildman–Crippen LogP) is 0.733. The first-order chi connectivity index (χ1) is 6.53. The number of halogens is 1. The zero-order valence-electron chi connectivity index (χ0n) is 7.48. The molecule has 0 spiro atoms. The predicted molar refractivity (Wildman–Crippen MR) is 51.0 cm³/mol. The van der Waals surface area contributed by atoms with E-state index in [4.69, 9.17) is 5.11 Å². The third kappa shape index (κ3) is 3.43. The quantitative estimate of drug-likeness (QED) is 0.810. The molecule has 14 heavy (non-hydrogen) atoms. The third-order valence-electron chi connectivity index (χ3n) is 1.70. The summed E-state index contributed by atoms with van der Waals surface area (Å²) in [7, 11) is -3.27. The van der Waals surface area contributed by atoms with E-state index in [9.17, 15) is 12.8 Å². The van der Waals surface area contributed by atoms with Crippen molar-refractivity contribution in [3.63, 3.8) is 0 Å². The lowest BCUT2D eigenvalue weighted by Gasteiger charge is -2.02. The Kier molecular flexibility index (Phi) is 3.60. The lowest BCUT2D eigenvalue weighted by Crippen LogP contribution is -2.12. The van der Waals surface area contributed by atoms with E-state index in [1.165, 1.54) is 24.3 Å². The number of aliphatic hydroxyl groups excluding tert-OH is 1. The van der Waals surface area contributed by atoms with Gasteiger partial charge < -0.3 is 5.11 Å². The Morgan fingerprint density at radius 1 is 1.21 bits per heavy atom. The summed E-state index contributed by atoms with van der Waals surface area (Å²) in [4.78, 5) is 0. The topological polar surface area (TPSA) is 54.4 Å². The first kappa shape index (κ1) is 11.1. The van der Waals surface area contributed by atoms with Gasteiger partial charge in [-0.15, -0.1) is 0 Å². The van der Waals surface area contributed by atoms with E-state index in [0.717, 1.165) is 0 Å². The van der Waals surface area contributed by atoms with Gasteiger partial charge in [0.1, 0.15) is 5.82 Å². The lowest BCUT2D eigenvalue weighted by molar-refractivity contribution is 0.319. The molecule has 0 saturated carbocycles. The summed E-state index contributed by atoms with van der Waals surface area (Å²) < 4.78 is 34.9. The van der Waals surface area contributed by atoms with Gasteiger partial charge in [-0.2, -0.15) is 0 Å². The standard InChI is InChI=1S/C9H11FO3S/c10-9-3-1-8(2-4-9)7-14(12,13)6-5-11/h1-4,11H,5-7H2. The van der Waals surface area contributed by atoms with Gasteiger partial charge in [0.15, 0.2) is 9.84 Å². The van der Waals surface area contributed by atoms with Crippen LogP contribution in [0.25, 0.3) is 0 Å². The summed E-state index contributed by atoms with van der Waals surface area (Å²) in [5, 5.41) is 8.48. The van der Waals surface area contributed by atoms with Crippen LogP contribution in [0.4, 0.5) is 4.39 Å². The molecule has 3 nitrogen and oxygen atoms in total. The molecule has 5 heteroatoms. The SMILES string of the molecule is O=S(=O)(CCO)Cc1ccc(F)cc1. The van der Waals surface area contributed by atoms with Crippen molar-refractivity contribution in [1.29, 1.82) is 0 Å². The molecule has 0 aromatic heterocycles. The van der Waals surface area contributed by atoms with Crippen LogP contribution >= 0.6 is 0 Å². The van der Waals surface area contributed by atoms with E-state index in [2.05, 4.69) is 0 Å². The molecule has 1 rings (SSSR count). The molecular weight excluding hydrogens is 207 g/mol. The van der Waals surface area contributed by atoms with Crippen molar-refractivity contribution in [1.82, 2.24) is 0 Å². The maximum Gasteiger partial charge on any atom is 0.156 e. The van der Waals surface area contributed by atoms with Crippen LogP contribution in [-0.2, 0) is 15.6 Å². The minimum absolute atomic E-state index is 0.159. The van der Waals surface area contributed by atoms with Gasteiger partial charge >= 0.3 is 0 Å². The van der Waals surface area contributed by atoms with Crippen molar-refractivity contribution in [2.24, 2.45) is 0 Å². The Balaban J connectivity index is 2.74. The molecule has 0 aliphatic carbocycles. The van der Waals surface area contributed by atoms with E-state index in [1.54, 1.807) is 0 Å². The monoisotopic (exact) mass is 218 g/mol. The molecule has 78 valence electrons. The van der Waals surface area contributed by atoms with Crippen LogP contribution in [0.3, 0.4) is 0 Å². The summed E-state index contributed by atoms with van der Waals surface area (Å²) in [6.45, 7) is -0.385. The fourth-order valence-corrected chi connectivity index (χ4v) is 2.17. The number of hydrogen-bond acceptors (Lipinski definition) is 3. The number of sulfone groups is 1. The van der Waals surface area contributed by atoms with Crippen molar-refractivity contribution in [2.45, 2.75) is 5.75 Å². The first-order valence-electron chi connectivity index (χ1n) is 4.09. The van der Waals surface area contributed by atoms with Gasteiger partial charge in [-0.1, -0.05) is 12.1 Å². The minimum Gasteiger partial charge on any atom is -0.395 e. The number of rotatable bonds is 4. The smallest absolute Gasteiger partial charge is 0.156 e. The second-order valence-corrected chi connectivity index (χ2v) is 5.13. The molecular formula is C9H11FO3S. The molecule has 0 bridgehead atoms. The zero-order valence-corrected chi connectivity index (χ0v) is 8.30. The van der Waals surface area contributed by atoms with Gasteiger partial charge in [0.05, 0.1) is 18.1 Å². The second-order valence-electron chi connectivity index (χ2n) is 2.94. The first-order valence-corrected chi connectivity index (χ1v) is 5.91. The maximum absolute atomic E-state index is 12.5. The van der Waals surface area contributed by atoms with Gasteiger partial charge in [0.25, 0.3) is 0 Å². The molecule has 0 amide bonds. The number of hydrogen-bond donors (Lipinski definition) is 1. The second kappa shape index (κ2) is 4.52. The van der Waals surface area contributed by atoms with Gasteiger partial charge in [0, 0.05) is 0 Å². The summed E-state index contributed by atoms with van der Waals surface area (Å²) in [6, 6.07) is 5.27. The van der Waals surface area contributed by atoms with E-state index in [-0.39, 0.29) is 18.1 Å². The summed E-state index contributed by atoms with van der Waals surface area (Å²) >= 11 is 0. The van der Waals surface area contributed by atoms with Crippen LogP contribution in [0.15, 0.2) is 24.3 Å². The normalized spacial score (nSPS) is 11.6. The minimum atomic E-state index is -3.27. The van der Waals surface area contributed by atoms with Gasteiger partial charge in [-0.25, -0.2) is 12.8 Å². The highest BCUT2D eigenvalue weighted by Crippen LogP contribution is 2.07. The van der Waals surface area contributed by atoms with E-state index in [0.29, 0.717) is 5.56 Å². The van der Waals surface area contributed by atoms with Crippen LogP contribution < -0.4 is 0 Å². The molecule has 0 radical (unpaired) electrons. The molecule has 0 aliphatic heterocycles. The summed E-state index contributed by atoms with van der Waals surface area (Å²) in [6.07, 6.45) is 0. The largest absolute Gasteiger partial charge is 0.395 e. The van der Waals surface area contributed by atoms with E-state index in [1.807, 2.05) is 0 Å². The molecule has 0 fully saturated rings. The van der Waals surface area contributed by atoms with Crippen molar-refractivity contribution in [3.05, 3.63) is 35.6 Å². The van der Waals surface area contributed by atoms with Gasteiger partial charge in [0.2, 0.25) is 0 Å². The Morgan fingerprint density at radius 2 is 1.79 bits per heavy atom. The molecule has 1 aromatic carbocycles. The molecule has 0 heterocycles. The Labute approximate surface area is 82.1 Å². The summed E-state index contributed by atoms with van der Waals surface area (Å²) in [5.41, 5.74) is 0.528. The van der Waals surface area contributed by atoms with Crippen LogP contribution in [-0.4, -0.2) is 25.9 Å². The maximum atomic E-state index is 12.5. The van der Waals surface area contributed by atoms with Crippen LogP contribution in [0.2, 0.25) is 0 Å². The molecule has 1 N–H and O–H groups in total. The fourth-order valence-electron chi connectivity index (χ4n) is 1.05. The van der Waals surface area contributed by atoms with Crippen molar-refractivity contribution >= 4 is 9.84 Å². The molecule has 0 unspecified atom stereocenters. The van der Waals surface area contributed by atoms with E-state index >= 15 is 0 Å². The number of aliphatic hydroxyl groups is 1. The van der Waals surface area contributed by atoms with Gasteiger partial charge in [-0.05, 0) is 17.7 Å². The molecule has 0 atom stereocenters. The fraction of sp³-hybridized carbons (Fsp3) is 0.333. The Bertz CT molecular complexity index is 383. The average Bonchev–Trinajstić information content (AvgIpc) is 2.08. The zero-order chi connectivity index (χ0) is 10.6. The number of benzene rings is 1. The Morgan fingerprint density at radius 3 is 2.29 bits per heavy atom. The summed E-state index contributed by atoms with van der Waals surface area (Å²) in [5.74, 6) is -0.814.